The summed E-state index contributed by atoms with van der Waals surface area (Å²) in [5.74, 6) is 0. The van der Waals surface area contributed by atoms with Crippen LogP contribution in [0.5, 0.6) is 0 Å². The van der Waals surface area contributed by atoms with Gasteiger partial charge in [0.25, 0.3) is 0 Å². The molecular weight excluding hydrogens is 326 g/mol. The summed E-state index contributed by atoms with van der Waals surface area (Å²) >= 11 is 4.99. The lowest BCUT2D eigenvalue weighted by Gasteiger charge is -2.17. The van der Waals surface area contributed by atoms with Crippen LogP contribution >= 0.6 is 11.6 Å². The van der Waals surface area contributed by atoms with Crippen LogP contribution in [0.4, 0.5) is 26.3 Å². The molecule has 0 fully saturated rings. The molecule has 0 spiro atoms. The summed E-state index contributed by atoms with van der Waals surface area (Å²) in [6, 6.07) is 1.10. The van der Waals surface area contributed by atoms with Crippen molar-refractivity contribution in [3.05, 3.63) is 34.9 Å². The topological polar surface area (TPSA) is 26.3 Å². The summed E-state index contributed by atoms with van der Waals surface area (Å²) in [5, 5.41) is -0.912. The van der Waals surface area contributed by atoms with Crippen molar-refractivity contribution in [2.45, 2.75) is 25.4 Å². The number of benzene rings is 1. The molecular formula is C12H9ClF6O2. The van der Waals surface area contributed by atoms with E-state index >= 15 is 0 Å². The molecule has 2 nitrogen and oxygen atoms in total. The third-order valence-electron chi connectivity index (χ3n) is 2.53. The minimum absolute atomic E-state index is 0.0168. The second kappa shape index (κ2) is 6.23. The van der Waals surface area contributed by atoms with Crippen molar-refractivity contribution in [3.8, 4) is 0 Å². The van der Waals surface area contributed by atoms with Gasteiger partial charge in [0.05, 0.1) is 17.2 Å². The molecule has 0 radical (unpaired) electrons. The van der Waals surface area contributed by atoms with E-state index in [0.29, 0.717) is 12.1 Å². The molecule has 0 amide bonds. The van der Waals surface area contributed by atoms with Gasteiger partial charge >= 0.3 is 12.4 Å². The lowest BCUT2D eigenvalue weighted by atomic mass is 10.0. The van der Waals surface area contributed by atoms with Gasteiger partial charge in [-0.15, -0.1) is 0 Å². The fourth-order valence-electron chi connectivity index (χ4n) is 1.50. The van der Waals surface area contributed by atoms with Gasteiger partial charge in [0.1, 0.15) is 6.61 Å². The molecule has 0 saturated carbocycles. The third kappa shape index (κ3) is 5.20. The van der Waals surface area contributed by atoms with Gasteiger partial charge in [-0.05, 0) is 42.3 Å². The standard InChI is InChI=1S/C12H9ClF6O2/c1-6(21-5-10(13)20)7-2-8(11(14,15)16)4-9(3-7)12(17,18)19/h2-4,6H,5H2,1H3/t6-/m1/s1. The van der Waals surface area contributed by atoms with E-state index in [0.717, 1.165) is 0 Å². The molecule has 0 aromatic heterocycles. The van der Waals surface area contributed by atoms with E-state index in [1.807, 2.05) is 0 Å². The highest BCUT2D eigenvalue weighted by Gasteiger charge is 2.37. The van der Waals surface area contributed by atoms with Crippen molar-refractivity contribution in [2.75, 3.05) is 6.61 Å². The zero-order valence-corrected chi connectivity index (χ0v) is 11.2. The largest absolute Gasteiger partial charge is 0.416 e. The molecule has 9 heteroatoms. The smallest absolute Gasteiger partial charge is 0.365 e. The Morgan fingerprint density at radius 1 is 1.10 bits per heavy atom. The highest BCUT2D eigenvalue weighted by molar-refractivity contribution is 6.63. The predicted molar refractivity (Wildman–Crippen MR) is 61.7 cm³/mol. The fraction of sp³-hybridized carbons (Fsp3) is 0.417. The monoisotopic (exact) mass is 334 g/mol. The zero-order chi connectivity index (χ0) is 16.4. The van der Waals surface area contributed by atoms with Gasteiger partial charge in [-0.25, -0.2) is 0 Å². The summed E-state index contributed by atoms with van der Waals surface area (Å²) < 4.78 is 80.6. The van der Waals surface area contributed by atoms with E-state index in [-0.39, 0.29) is 11.6 Å². The normalized spacial score (nSPS) is 14.1. The van der Waals surface area contributed by atoms with E-state index in [1.54, 1.807) is 0 Å². The quantitative estimate of drug-likeness (QED) is 0.595. The number of ether oxygens (including phenoxy) is 1. The number of hydrogen-bond donors (Lipinski definition) is 0. The fourth-order valence-corrected chi connectivity index (χ4v) is 1.56. The summed E-state index contributed by atoms with van der Waals surface area (Å²) in [5.41, 5.74) is -3.24. The maximum atomic E-state index is 12.6. The maximum Gasteiger partial charge on any atom is 0.416 e. The van der Waals surface area contributed by atoms with Crippen LogP contribution in [-0.4, -0.2) is 11.8 Å². The molecule has 0 bridgehead atoms. The molecule has 1 rings (SSSR count). The number of carbonyl (C=O) groups excluding carboxylic acids is 1. The molecule has 0 aliphatic carbocycles. The van der Waals surface area contributed by atoms with Crippen LogP contribution in [0.3, 0.4) is 0 Å². The number of hydrogen-bond acceptors (Lipinski definition) is 2. The van der Waals surface area contributed by atoms with Crippen molar-refractivity contribution in [1.82, 2.24) is 0 Å². The van der Waals surface area contributed by atoms with Crippen molar-refractivity contribution >= 4 is 16.8 Å². The van der Waals surface area contributed by atoms with Crippen molar-refractivity contribution in [3.63, 3.8) is 0 Å². The molecule has 0 heterocycles. The first kappa shape index (κ1) is 17.8. The van der Waals surface area contributed by atoms with Crippen LogP contribution < -0.4 is 0 Å². The molecule has 0 unspecified atom stereocenters. The molecule has 1 atom stereocenters. The zero-order valence-electron chi connectivity index (χ0n) is 10.5. The lowest BCUT2D eigenvalue weighted by Crippen LogP contribution is -2.14. The Morgan fingerprint density at radius 2 is 1.52 bits per heavy atom. The molecule has 0 aliphatic rings. The van der Waals surface area contributed by atoms with Crippen LogP contribution in [0.25, 0.3) is 0 Å². The van der Waals surface area contributed by atoms with E-state index < -0.39 is 41.4 Å². The molecule has 118 valence electrons. The summed E-state index contributed by atoms with van der Waals surface area (Å²) in [6.45, 7) is 0.593. The first-order valence-electron chi connectivity index (χ1n) is 5.50. The first-order chi connectivity index (χ1) is 9.41. The van der Waals surface area contributed by atoms with Crippen molar-refractivity contribution < 1.29 is 35.9 Å². The Bertz CT molecular complexity index is 491. The Labute approximate surface area is 120 Å². The van der Waals surface area contributed by atoms with Gasteiger partial charge < -0.3 is 4.74 Å². The average molecular weight is 335 g/mol. The highest BCUT2D eigenvalue weighted by Crippen LogP contribution is 2.37. The second-order valence-corrected chi connectivity index (χ2v) is 4.57. The van der Waals surface area contributed by atoms with Gasteiger partial charge in [-0.3, -0.25) is 4.79 Å². The summed E-state index contributed by atoms with van der Waals surface area (Å²) in [7, 11) is 0. The number of alkyl halides is 6. The van der Waals surface area contributed by atoms with Gasteiger partial charge in [-0.1, -0.05) is 0 Å². The predicted octanol–water partition coefficient (Wildman–Crippen LogP) is 4.57. The lowest BCUT2D eigenvalue weighted by molar-refractivity contribution is -0.143. The molecule has 0 aliphatic heterocycles. The Kier molecular flexibility index (Phi) is 5.27. The van der Waals surface area contributed by atoms with Crippen LogP contribution in [0.15, 0.2) is 18.2 Å². The van der Waals surface area contributed by atoms with E-state index in [4.69, 9.17) is 16.3 Å². The Morgan fingerprint density at radius 3 is 1.86 bits per heavy atom. The van der Waals surface area contributed by atoms with E-state index in [9.17, 15) is 31.1 Å². The van der Waals surface area contributed by atoms with Crippen molar-refractivity contribution in [1.29, 1.82) is 0 Å². The van der Waals surface area contributed by atoms with E-state index in [1.165, 1.54) is 6.92 Å². The minimum atomic E-state index is -4.93. The molecule has 21 heavy (non-hydrogen) atoms. The third-order valence-corrected chi connectivity index (χ3v) is 2.64. The number of carbonyl (C=O) groups is 1. The molecule has 1 aromatic rings. The van der Waals surface area contributed by atoms with Crippen LogP contribution in [0, 0.1) is 0 Å². The van der Waals surface area contributed by atoms with Crippen LogP contribution in [0.1, 0.15) is 29.7 Å². The SMILES string of the molecule is C[C@@H](OCC(=O)Cl)c1cc(C(F)(F)F)cc(C(F)(F)F)c1. The van der Waals surface area contributed by atoms with Gasteiger partial charge in [0, 0.05) is 0 Å². The van der Waals surface area contributed by atoms with Gasteiger partial charge in [0.2, 0.25) is 5.24 Å². The molecule has 0 saturated heterocycles. The Balaban J connectivity index is 3.22. The maximum absolute atomic E-state index is 12.6. The minimum Gasteiger partial charge on any atom is -0.365 e. The first-order valence-corrected chi connectivity index (χ1v) is 5.88. The molecule has 1 aromatic carbocycles. The van der Waals surface area contributed by atoms with Crippen molar-refractivity contribution in [2.24, 2.45) is 0 Å². The second-order valence-electron chi connectivity index (χ2n) is 4.15. The van der Waals surface area contributed by atoms with E-state index in [2.05, 4.69) is 0 Å². The average Bonchev–Trinajstić information content (AvgIpc) is 2.33. The van der Waals surface area contributed by atoms with Gasteiger partial charge in [0.15, 0.2) is 0 Å². The van der Waals surface area contributed by atoms with Crippen LogP contribution in [0.2, 0.25) is 0 Å². The highest BCUT2D eigenvalue weighted by atomic mass is 35.5. The van der Waals surface area contributed by atoms with Crippen LogP contribution in [-0.2, 0) is 21.9 Å². The summed E-state index contributed by atoms with van der Waals surface area (Å²) in [4.78, 5) is 10.5. The van der Waals surface area contributed by atoms with Gasteiger partial charge in [-0.2, -0.15) is 26.3 Å². The summed E-state index contributed by atoms with van der Waals surface area (Å²) in [6.07, 6.45) is -11.0. The Hall–Kier alpha value is -1.28. The molecule has 0 N–H and O–H groups in total. The number of halogens is 7. The number of rotatable bonds is 4.